The highest BCUT2D eigenvalue weighted by atomic mass is 32.2. The van der Waals surface area contributed by atoms with Crippen molar-refractivity contribution in [2.45, 2.75) is 11.8 Å². The monoisotopic (exact) mass is 308 g/mol. The van der Waals surface area contributed by atoms with E-state index in [0.717, 1.165) is 0 Å². The first-order valence-corrected chi connectivity index (χ1v) is 7.75. The predicted octanol–water partition coefficient (Wildman–Crippen LogP) is 2.17. The van der Waals surface area contributed by atoms with Crippen LogP contribution in [0, 0.1) is 0 Å². The van der Waals surface area contributed by atoms with Crippen LogP contribution < -0.4 is 15.2 Å². The second kappa shape index (κ2) is 5.92. The number of sulfonamides is 1. The van der Waals surface area contributed by atoms with E-state index in [-0.39, 0.29) is 16.3 Å². The summed E-state index contributed by atoms with van der Waals surface area (Å²) in [5, 5.41) is 9.33. The summed E-state index contributed by atoms with van der Waals surface area (Å²) in [7, 11) is -3.76. The highest BCUT2D eigenvalue weighted by molar-refractivity contribution is 7.92. The van der Waals surface area contributed by atoms with E-state index in [9.17, 15) is 13.5 Å². The zero-order chi connectivity index (χ0) is 15.5. The van der Waals surface area contributed by atoms with Crippen LogP contribution in [0.4, 0.5) is 11.4 Å². The second-order valence-electron chi connectivity index (χ2n) is 4.28. The third-order valence-electron chi connectivity index (χ3n) is 2.73. The first kappa shape index (κ1) is 15.0. The molecule has 112 valence electrons. The minimum atomic E-state index is -3.76. The summed E-state index contributed by atoms with van der Waals surface area (Å²) in [6, 6.07) is 10.3. The van der Waals surface area contributed by atoms with Gasteiger partial charge in [0.2, 0.25) is 0 Å². The van der Waals surface area contributed by atoms with Gasteiger partial charge >= 0.3 is 0 Å². The maximum Gasteiger partial charge on any atom is 0.261 e. The van der Waals surface area contributed by atoms with E-state index >= 15 is 0 Å². The Morgan fingerprint density at radius 1 is 1.19 bits per heavy atom. The summed E-state index contributed by atoms with van der Waals surface area (Å²) < 4.78 is 32.1. The Morgan fingerprint density at radius 2 is 1.86 bits per heavy atom. The van der Waals surface area contributed by atoms with Crippen molar-refractivity contribution in [1.29, 1.82) is 0 Å². The summed E-state index contributed by atoms with van der Waals surface area (Å²) in [4.78, 5) is -0.0216. The van der Waals surface area contributed by atoms with Crippen molar-refractivity contribution in [2.24, 2.45) is 0 Å². The average molecular weight is 308 g/mol. The molecule has 0 radical (unpaired) electrons. The van der Waals surface area contributed by atoms with E-state index in [1.807, 2.05) is 6.92 Å². The smallest absolute Gasteiger partial charge is 0.261 e. The number of phenols is 1. The van der Waals surface area contributed by atoms with Crippen LogP contribution >= 0.6 is 0 Å². The third-order valence-corrected chi connectivity index (χ3v) is 4.11. The molecule has 0 saturated heterocycles. The number of nitrogens with two attached hydrogens (primary N) is 1. The second-order valence-corrected chi connectivity index (χ2v) is 5.97. The molecule has 6 nitrogen and oxygen atoms in total. The standard InChI is InChI=1S/C14H16N2O4S/c1-2-20-11-5-3-10(4-6-11)16-21(18,19)12-7-8-14(17)13(15)9-12/h3-9,16-17H,2,15H2,1H3. The topological polar surface area (TPSA) is 102 Å². The van der Waals surface area contributed by atoms with Gasteiger partial charge in [-0.05, 0) is 49.4 Å². The molecule has 0 aliphatic heterocycles. The van der Waals surface area contributed by atoms with Crippen LogP contribution in [0.2, 0.25) is 0 Å². The van der Waals surface area contributed by atoms with E-state index in [2.05, 4.69) is 4.72 Å². The first-order valence-electron chi connectivity index (χ1n) is 6.26. The van der Waals surface area contributed by atoms with Gasteiger partial charge in [-0.1, -0.05) is 0 Å². The molecule has 0 amide bonds. The minimum Gasteiger partial charge on any atom is -0.506 e. The molecule has 0 unspecified atom stereocenters. The van der Waals surface area contributed by atoms with Gasteiger partial charge in [0.25, 0.3) is 10.0 Å². The summed E-state index contributed by atoms with van der Waals surface area (Å²) in [5.41, 5.74) is 5.92. The molecule has 0 heterocycles. The van der Waals surface area contributed by atoms with Crippen molar-refractivity contribution in [3.63, 3.8) is 0 Å². The normalized spacial score (nSPS) is 11.1. The maximum absolute atomic E-state index is 12.2. The van der Waals surface area contributed by atoms with Gasteiger partial charge in [0.05, 0.1) is 17.2 Å². The number of anilines is 2. The lowest BCUT2D eigenvalue weighted by Gasteiger charge is -2.10. The summed E-state index contributed by atoms with van der Waals surface area (Å²) >= 11 is 0. The Morgan fingerprint density at radius 3 is 2.43 bits per heavy atom. The fourth-order valence-corrected chi connectivity index (χ4v) is 2.79. The van der Waals surface area contributed by atoms with Gasteiger partial charge in [0.1, 0.15) is 11.5 Å². The van der Waals surface area contributed by atoms with Crippen molar-refractivity contribution in [1.82, 2.24) is 0 Å². The summed E-state index contributed by atoms with van der Waals surface area (Å²) in [5.74, 6) is 0.504. The molecular formula is C14H16N2O4S. The molecule has 0 fully saturated rings. The Labute approximate surface area is 123 Å². The largest absolute Gasteiger partial charge is 0.506 e. The highest BCUT2D eigenvalue weighted by Crippen LogP contribution is 2.25. The van der Waals surface area contributed by atoms with Crippen molar-refractivity contribution in [3.05, 3.63) is 42.5 Å². The van der Waals surface area contributed by atoms with Crippen LogP contribution in [0.5, 0.6) is 11.5 Å². The van der Waals surface area contributed by atoms with E-state index < -0.39 is 10.0 Å². The Bertz CT molecular complexity index is 727. The SMILES string of the molecule is CCOc1ccc(NS(=O)(=O)c2ccc(O)c(N)c2)cc1. The van der Waals surface area contributed by atoms with Crippen LogP contribution in [0.25, 0.3) is 0 Å². The molecule has 0 spiro atoms. The van der Waals surface area contributed by atoms with Crippen LogP contribution in [-0.4, -0.2) is 20.1 Å². The molecular weight excluding hydrogens is 292 g/mol. The van der Waals surface area contributed by atoms with Gasteiger partial charge in [0.15, 0.2) is 0 Å². The Kier molecular flexibility index (Phi) is 4.23. The molecule has 21 heavy (non-hydrogen) atoms. The quantitative estimate of drug-likeness (QED) is 0.580. The number of aromatic hydroxyl groups is 1. The Hall–Kier alpha value is -2.41. The fourth-order valence-electron chi connectivity index (χ4n) is 1.70. The zero-order valence-electron chi connectivity index (χ0n) is 11.4. The van der Waals surface area contributed by atoms with Crippen molar-refractivity contribution in [3.8, 4) is 11.5 Å². The molecule has 0 aliphatic carbocycles. The number of benzene rings is 2. The molecule has 7 heteroatoms. The summed E-state index contributed by atoms with van der Waals surface area (Å²) in [6.45, 7) is 2.41. The zero-order valence-corrected chi connectivity index (χ0v) is 12.2. The molecule has 2 rings (SSSR count). The Balaban J connectivity index is 2.22. The van der Waals surface area contributed by atoms with E-state index in [4.69, 9.17) is 10.5 Å². The number of nitrogens with one attached hydrogen (secondary N) is 1. The molecule has 0 aliphatic rings. The van der Waals surface area contributed by atoms with Gasteiger partial charge in [-0.2, -0.15) is 0 Å². The number of rotatable bonds is 5. The molecule has 4 N–H and O–H groups in total. The molecule has 0 atom stereocenters. The third kappa shape index (κ3) is 3.57. The van der Waals surface area contributed by atoms with Gasteiger partial charge in [-0.3, -0.25) is 4.72 Å². The number of hydrogen-bond acceptors (Lipinski definition) is 5. The van der Waals surface area contributed by atoms with Crippen LogP contribution in [-0.2, 0) is 10.0 Å². The van der Waals surface area contributed by atoms with Crippen molar-refractivity contribution < 1.29 is 18.3 Å². The van der Waals surface area contributed by atoms with Crippen LogP contribution in [0.1, 0.15) is 6.92 Å². The van der Waals surface area contributed by atoms with E-state index in [1.165, 1.54) is 18.2 Å². The van der Waals surface area contributed by atoms with Gasteiger partial charge in [-0.25, -0.2) is 8.42 Å². The number of nitrogen functional groups attached to an aromatic ring is 1. The highest BCUT2D eigenvalue weighted by Gasteiger charge is 2.15. The minimum absolute atomic E-state index is 0.00423. The summed E-state index contributed by atoms with van der Waals surface area (Å²) in [6.07, 6.45) is 0. The molecule has 2 aromatic rings. The van der Waals surface area contributed by atoms with Crippen LogP contribution in [0.3, 0.4) is 0 Å². The van der Waals surface area contributed by atoms with E-state index in [0.29, 0.717) is 18.0 Å². The predicted molar refractivity (Wildman–Crippen MR) is 80.9 cm³/mol. The average Bonchev–Trinajstić information content (AvgIpc) is 2.44. The maximum atomic E-state index is 12.2. The van der Waals surface area contributed by atoms with Crippen molar-refractivity contribution >= 4 is 21.4 Å². The molecule has 2 aromatic carbocycles. The molecule has 0 saturated carbocycles. The molecule has 0 aromatic heterocycles. The van der Waals surface area contributed by atoms with Crippen LogP contribution in [0.15, 0.2) is 47.4 Å². The number of phenolic OH excluding ortho intramolecular Hbond substituents is 1. The van der Waals surface area contributed by atoms with Crippen molar-refractivity contribution in [2.75, 3.05) is 17.1 Å². The lowest BCUT2D eigenvalue weighted by molar-refractivity contribution is 0.340. The van der Waals surface area contributed by atoms with Gasteiger partial charge in [-0.15, -0.1) is 0 Å². The van der Waals surface area contributed by atoms with E-state index in [1.54, 1.807) is 24.3 Å². The van der Waals surface area contributed by atoms with Gasteiger partial charge in [0, 0.05) is 5.69 Å². The molecule has 0 bridgehead atoms. The number of ether oxygens (including phenoxy) is 1. The fraction of sp³-hybridized carbons (Fsp3) is 0.143. The number of hydrogen-bond donors (Lipinski definition) is 3. The lowest BCUT2D eigenvalue weighted by Crippen LogP contribution is -2.13. The first-order chi connectivity index (χ1) is 9.92. The van der Waals surface area contributed by atoms with Gasteiger partial charge < -0.3 is 15.6 Å². The lowest BCUT2D eigenvalue weighted by atomic mass is 10.3.